The maximum atomic E-state index is 9.76. The monoisotopic (exact) mass is 279 g/mol. The average molecular weight is 279 g/mol. The van der Waals surface area contributed by atoms with E-state index in [1.165, 1.54) is 23.4 Å². The van der Waals surface area contributed by atoms with E-state index in [4.69, 9.17) is 4.74 Å². The van der Waals surface area contributed by atoms with Crippen LogP contribution in [0.4, 0.5) is 5.69 Å². The number of anilines is 1. The Labute approximate surface area is 123 Å². The topological polar surface area (TPSA) is 41.5 Å². The maximum Gasteiger partial charge on any atom is 0.160 e. The summed E-state index contributed by atoms with van der Waals surface area (Å²) in [7, 11) is 1.54. The van der Waals surface area contributed by atoms with Crippen molar-refractivity contribution in [3.05, 3.63) is 66.2 Å². The van der Waals surface area contributed by atoms with Gasteiger partial charge in [0, 0.05) is 18.3 Å². The first-order chi connectivity index (χ1) is 10.3. The van der Waals surface area contributed by atoms with Crippen LogP contribution in [0.5, 0.6) is 11.5 Å². The van der Waals surface area contributed by atoms with Gasteiger partial charge >= 0.3 is 0 Å². The summed E-state index contributed by atoms with van der Waals surface area (Å²) in [6.45, 7) is 0.705. The molecule has 0 fully saturated rings. The number of benzene rings is 3. The van der Waals surface area contributed by atoms with Crippen LogP contribution in [0.1, 0.15) is 5.56 Å². The number of hydrogen-bond acceptors (Lipinski definition) is 3. The van der Waals surface area contributed by atoms with Crippen LogP contribution in [-0.4, -0.2) is 12.2 Å². The van der Waals surface area contributed by atoms with E-state index < -0.39 is 0 Å². The van der Waals surface area contributed by atoms with Crippen molar-refractivity contribution < 1.29 is 9.84 Å². The van der Waals surface area contributed by atoms with Gasteiger partial charge in [-0.3, -0.25) is 0 Å². The molecule has 0 aliphatic rings. The Morgan fingerprint density at radius 2 is 1.76 bits per heavy atom. The van der Waals surface area contributed by atoms with Gasteiger partial charge in [0.25, 0.3) is 0 Å². The van der Waals surface area contributed by atoms with Crippen molar-refractivity contribution >= 4 is 16.5 Å². The maximum absolute atomic E-state index is 9.76. The summed E-state index contributed by atoms with van der Waals surface area (Å²) in [5.74, 6) is 0.618. The number of phenolic OH excluding ortho intramolecular Hbond substituents is 1. The molecule has 3 rings (SSSR count). The summed E-state index contributed by atoms with van der Waals surface area (Å²) in [5.41, 5.74) is 2.06. The summed E-state index contributed by atoms with van der Waals surface area (Å²) in [6.07, 6.45) is 0. The molecule has 3 aromatic rings. The second-order valence-corrected chi connectivity index (χ2v) is 4.92. The molecule has 3 aromatic carbocycles. The lowest BCUT2D eigenvalue weighted by Crippen LogP contribution is -1.99. The van der Waals surface area contributed by atoms with E-state index in [-0.39, 0.29) is 5.75 Å². The predicted octanol–water partition coefficient (Wildman–Crippen LogP) is 4.17. The van der Waals surface area contributed by atoms with Crippen molar-refractivity contribution in [1.29, 1.82) is 0 Å². The molecule has 0 spiro atoms. The van der Waals surface area contributed by atoms with Gasteiger partial charge in [-0.25, -0.2) is 0 Å². The van der Waals surface area contributed by atoms with Crippen molar-refractivity contribution in [2.75, 3.05) is 12.4 Å². The van der Waals surface area contributed by atoms with Gasteiger partial charge in [-0.15, -0.1) is 0 Å². The van der Waals surface area contributed by atoms with Crippen molar-refractivity contribution in [2.45, 2.75) is 6.54 Å². The van der Waals surface area contributed by atoms with Crippen molar-refractivity contribution in [3.8, 4) is 11.5 Å². The van der Waals surface area contributed by atoms with Crippen LogP contribution in [-0.2, 0) is 6.54 Å². The molecule has 21 heavy (non-hydrogen) atoms. The SMILES string of the molecule is COc1ccc(NCc2ccc3ccccc3c2)cc1O. The van der Waals surface area contributed by atoms with Gasteiger partial charge in [0.15, 0.2) is 11.5 Å². The minimum absolute atomic E-state index is 0.140. The molecule has 0 bridgehead atoms. The Morgan fingerprint density at radius 3 is 2.52 bits per heavy atom. The third kappa shape index (κ3) is 2.92. The van der Waals surface area contributed by atoms with Gasteiger partial charge in [0.2, 0.25) is 0 Å². The highest BCUT2D eigenvalue weighted by atomic mass is 16.5. The minimum Gasteiger partial charge on any atom is -0.504 e. The molecule has 0 aliphatic carbocycles. The number of fused-ring (bicyclic) bond motifs is 1. The second kappa shape index (κ2) is 5.75. The second-order valence-electron chi connectivity index (χ2n) is 4.92. The lowest BCUT2D eigenvalue weighted by atomic mass is 10.1. The first kappa shape index (κ1) is 13.3. The van der Waals surface area contributed by atoms with Gasteiger partial charge in [-0.1, -0.05) is 36.4 Å². The minimum atomic E-state index is 0.140. The normalized spacial score (nSPS) is 10.5. The fourth-order valence-corrected chi connectivity index (χ4v) is 2.35. The molecule has 0 unspecified atom stereocenters. The summed E-state index contributed by atoms with van der Waals surface area (Å²) in [5, 5.41) is 15.5. The third-order valence-electron chi connectivity index (χ3n) is 3.49. The van der Waals surface area contributed by atoms with Crippen LogP contribution in [0, 0.1) is 0 Å². The molecule has 0 amide bonds. The first-order valence-corrected chi connectivity index (χ1v) is 6.85. The largest absolute Gasteiger partial charge is 0.504 e. The molecule has 106 valence electrons. The van der Waals surface area contributed by atoms with E-state index in [2.05, 4.69) is 35.6 Å². The summed E-state index contributed by atoms with van der Waals surface area (Å²) in [6, 6.07) is 20.0. The quantitative estimate of drug-likeness (QED) is 0.753. The molecule has 0 saturated carbocycles. The van der Waals surface area contributed by atoms with Gasteiger partial charge in [-0.2, -0.15) is 0 Å². The fraction of sp³-hybridized carbons (Fsp3) is 0.111. The van der Waals surface area contributed by atoms with Crippen molar-refractivity contribution in [3.63, 3.8) is 0 Å². The zero-order chi connectivity index (χ0) is 14.7. The lowest BCUT2D eigenvalue weighted by Gasteiger charge is -2.09. The highest BCUT2D eigenvalue weighted by molar-refractivity contribution is 5.83. The molecular weight excluding hydrogens is 262 g/mol. The number of aromatic hydroxyl groups is 1. The summed E-state index contributed by atoms with van der Waals surface area (Å²) < 4.78 is 5.03. The number of phenols is 1. The lowest BCUT2D eigenvalue weighted by molar-refractivity contribution is 0.373. The highest BCUT2D eigenvalue weighted by Gasteiger charge is 2.02. The Morgan fingerprint density at radius 1 is 0.952 bits per heavy atom. The zero-order valence-electron chi connectivity index (χ0n) is 11.8. The predicted molar refractivity (Wildman–Crippen MR) is 85.9 cm³/mol. The number of methoxy groups -OCH3 is 1. The molecule has 3 heteroatoms. The van der Waals surface area contributed by atoms with Gasteiger partial charge in [-0.05, 0) is 34.5 Å². The van der Waals surface area contributed by atoms with Crippen LogP contribution in [0.15, 0.2) is 60.7 Å². The van der Waals surface area contributed by atoms with Crippen LogP contribution < -0.4 is 10.1 Å². The van der Waals surface area contributed by atoms with E-state index in [1.54, 1.807) is 12.1 Å². The van der Waals surface area contributed by atoms with E-state index in [9.17, 15) is 5.11 Å². The molecule has 0 saturated heterocycles. The van der Waals surface area contributed by atoms with Gasteiger partial charge in [0.1, 0.15) is 0 Å². The van der Waals surface area contributed by atoms with E-state index in [0.717, 1.165) is 5.69 Å². The summed E-state index contributed by atoms with van der Waals surface area (Å²) in [4.78, 5) is 0. The molecule has 0 radical (unpaired) electrons. The number of rotatable bonds is 4. The van der Waals surface area contributed by atoms with E-state index in [0.29, 0.717) is 12.3 Å². The highest BCUT2D eigenvalue weighted by Crippen LogP contribution is 2.28. The average Bonchev–Trinajstić information content (AvgIpc) is 2.53. The summed E-state index contributed by atoms with van der Waals surface area (Å²) >= 11 is 0. The van der Waals surface area contributed by atoms with Crippen LogP contribution in [0.2, 0.25) is 0 Å². The van der Waals surface area contributed by atoms with E-state index >= 15 is 0 Å². The van der Waals surface area contributed by atoms with Crippen LogP contribution in [0.25, 0.3) is 10.8 Å². The van der Waals surface area contributed by atoms with Crippen LogP contribution >= 0.6 is 0 Å². The van der Waals surface area contributed by atoms with Gasteiger partial charge < -0.3 is 15.2 Å². The molecule has 2 N–H and O–H groups in total. The smallest absolute Gasteiger partial charge is 0.160 e. The van der Waals surface area contributed by atoms with Crippen molar-refractivity contribution in [1.82, 2.24) is 0 Å². The van der Waals surface area contributed by atoms with E-state index in [1.807, 2.05) is 18.2 Å². The Balaban J connectivity index is 1.75. The fourth-order valence-electron chi connectivity index (χ4n) is 2.35. The zero-order valence-corrected chi connectivity index (χ0v) is 11.8. The molecule has 3 nitrogen and oxygen atoms in total. The first-order valence-electron chi connectivity index (χ1n) is 6.85. The standard InChI is InChI=1S/C18H17NO2/c1-21-18-9-8-16(11-17(18)20)19-12-13-6-7-14-4-2-3-5-15(14)10-13/h2-11,19-20H,12H2,1H3. The number of ether oxygens (including phenoxy) is 1. The molecular formula is C18H17NO2. The Bertz CT molecular complexity index is 768. The molecule has 0 heterocycles. The Hall–Kier alpha value is -2.68. The van der Waals surface area contributed by atoms with Crippen LogP contribution in [0.3, 0.4) is 0 Å². The molecule has 0 aromatic heterocycles. The third-order valence-corrected chi connectivity index (χ3v) is 3.49. The van der Waals surface area contributed by atoms with Gasteiger partial charge in [0.05, 0.1) is 7.11 Å². The number of hydrogen-bond donors (Lipinski definition) is 2. The molecule has 0 aliphatic heterocycles. The Kier molecular flexibility index (Phi) is 3.65. The van der Waals surface area contributed by atoms with Crippen molar-refractivity contribution in [2.24, 2.45) is 0 Å². The number of nitrogens with one attached hydrogen (secondary N) is 1. The molecule has 0 atom stereocenters.